The lowest BCUT2D eigenvalue weighted by molar-refractivity contribution is -0.131. The van der Waals surface area contributed by atoms with E-state index < -0.39 is 9.84 Å². The van der Waals surface area contributed by atoms with Gasteiger partial charge < -0.3 is 9.80 Å². The average molecular weight is 409 g/mol. The number of rotatable bonds is 4. The predicted octanol–water partition coefficient (Wildman–Crippen LogP) is 2.09. The van der Waals surface area contributed by atoms with Gasteiger partial charge in [-0.25, -0.2) is 18.4 Å². The third-order valence-corrected chi connectivity index (χ3v) is 7.63. The first-order chi connectivity index (χ1) is 12.9. The first-order valence-corrected chi connectivity index (χ1v) is 12.2. The largest absolute Gasteiger partial charge is 0.355 e. The van der Waals surface area contributed by atoms with Crippen LogP contribution in [-0.2, 0) is 14.6 Å². The van der Waals surface area contributed by atoms with Crippen LogP contribution in [-0.4, -0.2) is 66.4 Å². The Bertz CT molecular complexity index is 958. The summed E-state index contributed by atoms with van der Waals surface area (Å²) in [6, 6.07) is 2.01. The molecule has 0 aliphatic carbocycles. The molecule has 27 heavy (non-hydrogen) atoms. The normalized spacial score (nSPS) is 24.1. The Morgan fingerprint density at radius 3 is 2.89 bits per heavy atom. The summed E-state index contributed by atoms with van der Waals surface area (Å²) in [6.07, 6.45) is 6.91. The number of carbonyl (C=O) groups is 1. The number of amides is 1. The van der Waals surface area contributed by atoms with E-state index in [9.17, 15) is 13.2 Å². The van der Waals surface area contributed by atoms with Crippen LogP contribution in [0.4, 0.5) is 5.82 Å². The Balaban J connectivity index is 1.55. The van der Waals surface area contributed by atoms with Crippen LogP contribution in [0.25, 0.3) is 10.2 Å². The van der Waals surface area contributed by atoms with Gasteiger partial charge >= 0.3 is 0 Å². The maximum Gasteiger partial charge on any atom is 0.223 e. The second-order valence-corrected chi connectivity index (χ2v) is 10.7. The number of sulfone groups is 1. The summed E-state index contributed by atoms with van der Waals surface area (Å²) in [5.74, 6) is 1.10. The van der Waals surface area contributed by atoms with Gasteiger partial charge in [-0.05, 0) is 37.1 Å². The van der Waals surface area contributed by atoms with Crippen LogP contribution >= 0.6 is 11.3 Å². The van der Waals surface area contributed by atoms with Crippen molar-refractivity contribution >= 4 is 43.1 Å². The molecule has 4 heterocycles. The van der Waals surface area contributed by atoms with Crippen molar-refractivity contribution in [2.24, 2.45) is 0 Å². The molecular formula is C18H24N4O3S2. The van der Waals surface area contributed by atoms with E-state index in [1.54, 1.807) is 17.7 Å². The zero-order valence-corrected chi connectivity index (χ0v) is 17.1. The minimum Gasteiger partial charge on any atom is -0.355 e. The van der Waals surface area contributed by atoms with E-state index in [2.05, 4.69) is 14.9 Å². The first-order valence-electron chi connectivity index (χ1n) is 9.29. The standard InChI is InChI=1S/C18H24N4O3S2/c1-27(24,25)12-10-22-15(23)3-6-18(22)5-2-8-21(9-7-18)17-16-14(4-11-26-16)19-13-20-17/h4,11,13H,2-3,5-10,12H2,1H3/t18-/m0/s1. The highest BCUT2D eigenvalue weighted by molar-refractivity contribution is 7.90. The molecule has 2 aromatic heterocycles. The van der Waals surface area contributed by atoms with Crippen LogP contribution in [0.1, 0.15) is 32.1 Å². The molecule has 146 valence electrons. The van der Waals surface area contributed by atoms with Crippen molar-refractivity contribution in [3.05, 3.63) is 17.8 Å². The van der Waals surface area contributed by atoms with Gasteiger partial charge in [-0.3, -0.25) is 4.79 Å². The summed E-state index contributed by atoms with van der Waals surface area (Å²) in [7, 11) is -3.09. The molecule has 0 aromatic carbocycles. The van der Waals surface area contributed by atoms with Crippen LogP contribution in [0, 0.1) is 0 Å². The summed E-state index contributed by atoms with van der Waals surface area (Å²) >= 11 is 1.65. The van der Waals surface area contributed by atoms with Crippen LogP contribution in [0.3, 0.4) is 0 Å². The molecule has 0 unspecified atom stereocenters. The Morgan fingerprint density at radius 2 is 2.07 bits per heavy atom. The highest BCUT2D eigenvalue weighted by Gasteiger charge is 2.45. The number of aromatic nitrogens is 2. The highest BCUT2D eigenvalue weighted by atomic mass is 32.2. The van der Waals surface area contributed by atoms with E-state index in [0.717, 1.165) is 54.8 Å². The Labute approximate surface area is 163 Å². The summed E-state index contributed by atoms with van der Waals surface area (Å²) in [5.41, 5.74) is 0.757. The van der Waals surface area contributed by atoms with E-state index in [1.807, 2.05) is 16.3 Å². The van der Waals surface area contributed by atoms with Crippen molar-refractivity contribution in [3.63, 3.8) is 0 Å². The zero-order valence-electron chi connectivity index (χ0n) is 15.4. The van der Waals surface area contributed by atoms with Crippen molar-refractivity contribution < 1.29 is 13.2 Å². The van der Waals surface area contributed by atoms with Gasteiger partial charge in [0.15, 0.2) is 0 Å². The van der Waals surface area contributed by atoms with E-state index in [1.165, 1.54) is 6.26 Å². The predicted molar refractivity (Wildman–Crippen MR) is 107 cm³/mol. The van der Waals surface area contributed by atoms with E-state index in [-0.39, 0.29) is 17.2 Å². The van der Waals surface area contributed by atoms with Crippen molar-refractivity contribution in [1.82, 2.24) is 14.9 Å². The SMILES string of the molecule is CS(=O)(=O)CCN1C(=O)CC[C@]12CCCN(c1ncnc3ccsc13)CC2. The third-order valence-electron chi connectivity index (χ3n) is 5.80. The average Bonchev–Trinajstić information content (AvgIpc) is 3.14. The molecule has 2 aliphatic rings. The van der Waals surface area contributed by atoms with Gasteiger partial charge in [0, 0.05) is 37.8 Å². The molecule has 1 spiro atoms. The van der Waals surface area contributed by atoms with Gasteiger partial charge in [0.1, 0.15) is 22.0 Å². The molecule has 9 heteroatoms. The minimum absolute atomic E-state index is 0.0337. The van der Waals surface area contributed by atoms with Crippen molar-refractivity contribution in [2.75, 3.05) is 36.5 Å². The van der Waals surface area contributed by atoms with Crippen molar-refractivity contribution in [2.45, 2.75) is 37.6 Å². The van der Waals surface area contributed by atoms with Gasteiger partial charge in [0.2, 0.25) is 5.91 Å². The smallest absolute Gasteiger partial charge is 0.223 e. The molecule has 2 fully saturated rings. The lowest BCUT2D eigenvalue weighted by Gasteiger charge is -2.38. The van der Waals surface area contributed by atoms with Gasteiger partial charge in [-0.2, -0.15) is 0 Å². The summed E-state index contributed by atoms with van der Waals surface area (Å²) in [5, 5.41) is 2.03. The number of fused-ring (bicyclic) bond motifs is 1. The molecule has 2 saturated heterocycles. The fourth-order valence-electron chi connectivity index (χ4n) is 4.40. The van der Waals surface area contributed by atoms with Gasteiger partial charge in [0.05, 0.1) is 16.0 Å². The number of likely N-dealkylation sites (tertiary alicyclic amines) is 1. The number of nitrogens with zero attached hydrogens (tertiary/aromatic N) is 4. The van der Waals surface area contributed by atoms with Crippen LogP contribution in [0.2, 0.25) is 0 Å². The quantitative estimate of drug-likeness (QED) is 0.770. The van der Waals surface area contributed by atoms with Gasteiger partial charge in [-0.1, -0.05) is 0 Å². The second kappa shape index (κ2) is 7.01. The molecule has 4 rings (SSSR count). The van der Waals surface area contributed by atoms with Gasteiger partial charge in [0.25, 0.3) is 0 Å². The molecule has 2 aromatic rings. The Kier molecular flexibility index (Phi) is 4.84. The number of carbonyl (C=O) groups excluding carboxylic acids is 1. The monoisotopic (exact) mass is 408 g/mol. The van der Waals surface area contributed by atoms with Gasteiger partial charge in [-0.15, -0.1) is 11.3 Å². The van der Waals surface area contributed by atoms with Crippen molar-refractivity contribution in [1.29, 1.82) is 0 Å². The second-order valence-electron chi connectivity index (χ2n) is 7.57. The van der Waals surface area contributed by atoms with E-state index in [4.69, 9.17) is 0 Å². The summed E-state index contributed by atoms with van der Waals surface area (Å²) in [4.78, 5) is 25.5. The highest BCUT2D eigenvalue weighted by Crippen LogP contribution is 2.40. The molecule has 0 N–H and O–H groups in total. The zero-order chi connectivity index (χ0) is 19.1. The minimum atomic E-state index is -3.09. The third kappa shape index (κ3) is 3.67. The molecule has 1 atom stereocenters. The molecule has 0 radical (unpaired) electrons. The fraction of sp³-hybridized carbons (Fsp3) is 0.611. The van der Waals surface area contributed by atoms with Crippen LogP contribution < -0.4 is 4.90 Å². The summed E-state index contributed by atoms with van der Waals surface area (Å²) in [6.45, 7) is 2.01. The molecule has 2 aliphatic heterocycles. The molecular weight excluding hydrogens is 384 g/mol. The summed E-state index contributed by atoms with van der Waals surface area (Å²) < 4.78 is 24.3. The topological polar surface area (TPSA) is 83.5 Å². The molecule has 1 amide bonds. The lowest BCUT2D eigenvalue weighted by Crippen LogP contribution is -2.48. The molecule has 0 bridgehead atoms. The first kappa shape index (κ1) is 18.6. The Morgan fingerprint density at radius 1 is 1.22 bits per heavy atom. The fourth-order valence-corrected chi connectivity index (χ4v) is 5.78. The lowest BCUT2D eigenvalue weighted by atomic mass is 9.88. The van der Waals surface area contributed by atoms with E-state index >= 15 is 0 Å². The molecule has 0 saturated carbocycles. The maximum absolute atomic E-state index is 12.5. The van der Waals surface area contributed by atoms with Crippen molar-refractivity contribution in [3.8, 4) is 0 Å². The number of thiophene rings is 1. The Hall–Kier alpha value is -1.74. The maximum atomic E-state index is 12.5. The van der Waals surface area contributed by atoms with Crippen LogP contribution in [0.5, 0.6) is 0 Å². The number of hydrogen-bond acceptors (Lipinski definition) is 7. The number of anilines is 1. The van der Waals surface area contributed by atoms with E-state index in [0.29, 0.717) is 13.0 Å². The number of hydrogen-bond donors (Lipinski definition) is 0. The molecule has 7 nitrogen and oxygen atoms in total. The van der Waals surface area contributed by atoms with Crippen LogP contribution in [0.15, 0.2) is 17.8 Å².